The zero-order valence-electron chi connectivity index (χ0n) is 13.1. The lowest BCUT2D eigenvalue weighted by Gasteiger charge is -2.55. The quantitative estimate of drug-likeness (QED) is 0.610. The smallest absolute Gasteiger partial charge is 0.449 e. The molecule has 3 aliphatic heterocycles. The molecule has 6 unspecified atom stereocenters. The highest BCUT2D eigenvalue weighted by atomic mass is 79.9. The largest absolute Gasteiger partial charge is 0.456 e. The predicted molar refractivity (Wildman–Crippen MR) is 79.7 cm³/mol. The zero-order valence-corrected chi connectivity index (χ0v) is 14.7. The molecule has 1 spiro atoms. The van der Waals surface area contributed by atoms with Crippen LogP contribution in [0.15, 0.2) is 11.3 Å². The summed E-state index contributed by atoms with van der Waals surface area (Å²) < 4.78 is 58.0. The molecule has 1 saturated carbocycles. The highest BCUT2D eigenvalue weighted by Gasteiger charge is 2.72. The van der Waals surface area contributed by atoms with Gasteiger partial charge in [-0.2, -0.15) is 13.2 Å². The van der Waals surface area contributed by atoms with Gasteiger partial charge >= 0.3 is 6.18 Å². The Labute approximate surface area is 141 Å². The highest BCUT2D eigenvalue weighted by Crippen LogP contribution is 2.64. The van der Waals surface area contributed by atoms with Crippen LogP contribution in [0.5, 0.6) is 0 Å². The molecule has 1 aliphatic carbocycles. The summed E-state index contributed by atoms with van der Waals surface area (Å²) in [5, 5.41) is 0.141. The average Bonchev–Trinajstić information content (AvgIpc) is 2.68. The third-order valence-corrected chi connectivity index (χ3v) is 6.69. The van der Waals surface area contributed by atoms with E-state index < -0.39 is 29.6 Å². The molecule has 23 heavy (non-hydrogen) atoms. The number of ether oxygens (including phenoxy) is 3. The molecule has 2 saturated heterocycles. The normalized spacial score (nSPS) is 49.0. The van der Waals surface area contributed by atoms with E-state index in [1.165, 1.54) is 0 Å². The molecular weight excluding hydrogens is 377 g/mol. The molecule has 3 heterocycles. The molecule has 4 rings (SSSR count). The van der Waals surface area contributed by atoms with Crippen LogP contribution < -0.4 is 0 Å². The summed E-state index contributed by atoms with van der Waals surface area (Å²) in [5.41, 5.74) is -0.497. The van der Waals surface area contributed by atoms with Crippen molar-refractivity contribution in [2.45, 2.75) is 63.4 Å². The summed E-state index contributed by atoms with van der Waals surface area (Å²) in [6.07, 6.45) is -2.29. The van der Waals surface area contributed by atoms with Crippen molar-refractivity contribution in [3.05, 3.63) is 11.3 Å². The Morgan fingerprint density at radius 2 is 2.00 bits per heavy atom. The van der Waals surface area contributed by atoms with Gasteiger partial charge in [-0.3, -0.25) is 0 Å². The maximum Gasteiger partial charge on any atom is 0.449 e. The molecule has 7 heteroatoms. The van der Waals surface area contributed by atoms with E-state index in [2.05, 4.69) is 22.9 Å². The summed E-state index contributed by atoms with van der Waals surface area (Å²) >= 11 is 3.25. The molecular formula is C16H20BrF3O3. The van der Waals surface area contributed by atoms with E-state index in [1.807, 2.05) is 6.92 Å². The van der Waals surface area contributed by atoms with Crippen molar-refractivity contribution in [2.24, 2.45) is 17.8 Å². The minimum absolute atomic E-state index is 0.141. The van der Waals surface area contributed by atoms with Crippen molar-refractivity contribution < 1.29 is 27.4 Å². The van der Waals surface area contributed by atoms with Gasteiger partial charge in [-0.15, -0.1) is 0 Å². The fraction of sp³-hybridized carbons (Fsp3) is 0.875. The van der Waals surface area contributed by atoms with Crippen LogP contribution in [0.2, 0.25) is 0 Å². The van der Waals surface area contributed by atoms with Gasteiger partial charge in [0.1, 0.15) is 5.60 Å². The van der Waals surface area contributed by atoms with Crippen LogP contribution >= 0.6 is 15.9 Å². The van der Waals surface area contributed by atoms with Gasteiger partial charge in [-0.25, -0.2) is 0 Å². The van der Waals surface area contributed by atoms with Crippen molar-refractivity contribution in [3.63, 3.8) is 0 Å². The molecule has 2 bridgehead atoms. The number of fused-ring (bicyclic) bond motifs is 1. The van der Waals surface area contributed by atoms with E-state index in [0.717, 1.165) is 12.8 Å². The molecule has 4 aliphatic rings. The molecule has 0 N–H and O–H groups in total. The first-order chi connectivity index (χ1) is 10.7. The van der Waals surface area contributed by atoms with Crippen LogP contribution in [0, 0.1) is 17.8 Å². The van der Waals surface area contributed by atoms with Gasteiger partial charge in [-0.1, -0.05) is 22.9 Å². The Balaban J connectivity index is 1.87. The number of allylic oxidation sites excluding steroid dienone is 1. The van der Waals surface area contributed by atoms with E-state index in [0.29, 0.717) is 18.8 Å². The number of hydrogen-bond acceptors (Lipinski definition) is 3. The lowest BCUT2D eigenvalue weighted by atomic mass is 9.58. The summed E-state index contributed by atoms with van der Waals surface area (Å²) in [5.74, 6) is -1.46. The van der Waals surface area contributed by atoms with Crippen LogP contribution in [0.1, 0.15) is 39.5 Å². The van der Waals surface area contributed by atoms with Crippen molar-refractivity contribution in [1.29, 1.82) is 0 Å². The summed E-state index contributed by atoms with van der Waals surface area (Å²) in [7, 11) is 0. The summed E-state index contributed by atoms with van der Waals surface area (Å²) in [6, 6.07) is 0. The van der Waals surface area contributed by atoms with Crippen molar-refractivity contribution >= 4 is 15.9 Å². The predicted octanol–water partition coefficient (Wildman–Crippen LogP) is 4.51. The molecule has 0 amide bonds. The van der Waals surface area contributed by atoms with Gasteiger partial charge in [0, 0.05) is 17.7 Å². The third kappa shape index (κ3) is 2.08. The summed E-state index contributed by atoms with van der Waals surface area (Å²) in [6.45, 7) is 3.98. The maximum absolute atomic E-state index is 13.5. The third-order valence-electron chi connectivity index (χ3n) is 6.09. The minimum atomic E-state index is -4.51. The molecule has 3 nitrogen and oxygen atoms in total. The van der Waals surface area contributed by atoms with Gasteiger partial charge in [0.2, 0.25) is 12.0 Å². The Hall–Kier alpha value is -0.270. The first-order valence-electron chi connectivity index (χ1n) is 8.12. The molecule has 0 aromatic heterocycles. The van der Waals surface area contributed by atoms with Gasteiger partial charge < -0.3 is 14.2 Å². The first kappa shape index (κ1) is 16.2. The summed E-state index contributed by atoms with van der Waals surface area (Å²) in [4.78, 5) is 0. The van der Waals surface area contributed by atoms with Gasteiger partial charge in [0.15, 0.2) is 5.79 Å². The Bertz CT molecular complexity index is 563. The standard InChI is InChI=1S/C16H20BrF3O3/c1-8-3-4-11-9(7-17)12(16(18,19)20)21-13-15(11)10(8)5-6-14(2,22-13)23-15/h8,10-11,13H,3-7H2,1-2H3. The first-order valence-corrected chi connectivity index (χ1v) is 9.24. The van der Waals surface area contributed by atoms with E-state index in [-0.39, 0.29) is 22.7 Å². The maximum atomic E-state index is 13.5. The highest BCUT2D eigenvalue weighted by molar-refractivity contribution is 9.09. The second kappa shape index (κ2) is 4.88. The Kier molecular flexibility index (Phi) is 3.44. The molecule has 6 atom stereocenters. The van der Waals surface area contributed by atoms with Crippen LogP contribution in [0.25, 0.3) is 0 Å². The van der Waals surface area contributed by atoms with Crippen LogP contribution in [0.4, 0.5) is 13.2 Å². The zero-order chi connectivity index (χ0) is 16.6. The van der Waals surface area contributed by atoms with E-state index >= 15 is 0 Å². The number of rotatable bonds is 1. The van der Waals surface area contributed by atoms with E-state index in [4.69, 9.17) is 14.2 Å². The average molecular weight is 397 g/mol. The molecule has 130 valence electrons. The monoisotopic (exact) mass is 396 g/mol. The molecule has 0 aromatic carbocycles. The van der Waals surface area contributed by atoms with E-state index in [1.54, 1.807) is 0 Å². The van der Waals surface area contributed by atoms with Crippen molar-refractivity contribution in [2.75, 3.05) is 5.33 Å². The van der Waals surface area contributed by atoms with Gasteiger partial charge in [0.25, 0.3) is 0 Å². The van der Waals surface area contributed by atoms with Crippen molar-refractivity contribution in [3.8, 4) is 0 Å². The fourth-order valence-corrected chi connectivity index (χ4v) is 5.80. The van der Waals surface area contributed by atoms with Crippen LogP contribution in [0.3, 0.4) is 0 Å². The molecule has 0 aromatic rings. The van der Waals surface area contributed by atoms with E-state index in [9.17, 15) is 13.2 Å². The molecule has 0 radical (unpaired) electrons. The van der Waals surface area contributed by atoms with Crippen LogP contribution in [-0.2, 0) is 14.2 Å². The Morgan fingerprint density at radius 3 is 2.65 bits per heavy atom. The number of hydrogen-bond donors (Lipinski definition) is 0. The van der Waals surface area contributed by atoms with Crippen molar-refractivity contribution in [1.82, 2.24) is 0 Å². The van der Waals surface area contributed by atoms with Crippen LogP contribution in [-0.4, -0.2) is 29.2 Å². The number of halogens is 4. The molecule has 3 fully saturated rings. The fourth-order valence-electron chi connectivity index (χ4n) is 5.15. The van der Waals surface area contributed by atoms with Gasteiger partial charge in [0.05, 0.1) is 0 Å². The second-order valence-electron chi connectivity index (χ2n) is 7.40. The SMILES string of the molecule is CC1CCC2C(CBr)=C(C(F)(F)F)OC3OC4(C)CCC1C32O4. The number of alkyl halides is 4. The lowest BCUT2D eigenvalue weighted by molar-refractivity contribution is -0.248. The minimum Gasteiger partial charge on any atom is -0.456 e. The van der Waals surface area contributed by atoms with Gasteiger partial charge in [-0.05, 0) is 43.6 Å². The second-order valence-corrected chi connectivity index (χ2v) is 7.96. The topological polar surface area (TPSA) is 27.7 Å². The Morgan fingerprint density at radius 1 is 1.26 bits per heavy atom. The lowest BCUT2D eigenvalue weighted by Crippen LogP contribution is -2.62.